The Kier molecular flexibility index (Phi) is 4.48. The van der Waals surface area contributed by atoms with Crippen LogP contribution in [0.3, 0.4) is 0 Å². The van der Waals surface area contributed by atoms with Gasteiger partial charge in [-0.3, -0.25) is 0 Å². The molecule has 1 aromatic carbocycles. The normalized spacial score (nSPS) is 20.2. The van der Waals surface area contributed by atoms with Gasteiger partial charge in [0.05, 0.1) is 12.3 Å². The molecule has 18 heavy (non-hydrogen) atoms. The lowest BCUT2D eigenvalue weighted by Crippen LogP contribution is -2.50. The minimum atomic E-state index is 0.516. The molecule has 1 N–H and O–H groups in total. The van der Waals surface area contributed by atoms with Crippen LogP contribution in [0.25, 0.3) is 0 Å². The maximum atomic E-state index is 5.94. The number of piperazine rings is 1. The van der Waals surface area contributed by atoms with E-state index in [0.29, 0.717) is 12.0 Å². The Morgan fingerprint density at radius 1 is 1.39 bits per heavy atom. The van der Waals surface area contributed by atoms with Crippen molar-refractivity contribution in [2.45, 2.75) is 26.8 Å². The second-order valence-corrected chi connectivity index (χ2v) is 5.42. The van der Waals surface area contributed by atoms with E-state index in [9.17, 15) is 0 Å². The molecule has 1 unspecified atom stereocenters. The van der Waals surface area contributed by atoms with E-state index < -0.39 is 0 Å². The lowest BCUT2D eigenvalue weighted by molar-refractivity contribution is 0.270. The minimum absolute atomic E-state index is 0.516. The molecular weight excluding hydrogens is 224 g/mol. The highest BCUT2D eigenvalue weighted by Crippen LogP contribution is 2.30. The predicted octanol–water partition coefficient (Wildman–Crippen LogP) is 2.52. The molecular formula is C15H24N2O. The largest absolute Gasteiger partial charge is 0.491 e. The number of nitrogens with zero attached hydrogens (tertiary/aromatic N) is 1. The number of hydrogen-bond donors (Lipinski definition) is 1. The van der Waals surface area contributed by atoms with Gasteiger partial charge in [0.2, 0.25) is 0 Å². The summed E-state index contributed by atoms with van der Waals surface area (Å²) in [7, 11) is 0. The van der Waals surface area contributed by atoms with Gasteiger partial charge in [-0.1, -0.05) is 26.0 Å². The molecule has 1 atom stereocenters. The van der Waals surface area contributed by atoms with E-state index in [4.69, 9.17) is 4.74 Å². The monoisotopic (exact) mass is 248 g/mol. The summed E-state index contributed by atoms with van der Waals surface area (Å²) in [6.07, 6.45) is 0. The minimum Gasteiger partial charge on any atom is -0.491 e. The van der Waals surface area contributed by atoms with Crippen molar-refractivity contribution in [2.24, 2.45) is 5.92 Å². The third-order valence-corrected chi connectivity index (χ3v) is 3.25. The molecule has 2 rings (SSSR count). The lowest BCUT2D eigenvalue weighted by atomic mass is 10.1. The fraction of sp³-hybridized carbons (Fsp3) is 0.600. The average Bonchev–Trinajstić information content (AvgIpc) is 2.37. The van der Waals surface area contributed by atoms with Crippen molar-refractivity contribution >= 4 is 5.69 Å². The molecule has 0 aromatic heterocycles. The van der Waals surface area contributed by atoms with Crippen molar-refractivity contribution in [3.05, 3.63) is 24.3 Å². The maximum absolute atomic E-state index is 5.94. The number of para-hydroxylation sites is 2. The molecule has 1 heterocycles. The van der Waals surface area contributed by atoms with Gasteiger partial charge in [0.1, 0.15) is 5.75 Å². The molecule has 0 bridgehead atoms. The zero-order chi connectivity index (χ0) is 13.0. The summed E-state index contributed by atoms with van der Waals surface area (Å²) >= 11 is 0. The molecule has 1 aromatic rings. The molecule has 3 heteroatoms. The topological polar surface area (TPSA) is 24.5 Å². The van der Waals surface area contributed by atoms with Gasteiger partial charge < -0.3 is 15.0 Å². The van der Waals surface area contributed by atoms with Crippen LogP contribution in [0, 0.1) is 5.92 Å². The van der Waals surface area contributed by atoms with E-state index in [-0.39, 0.29) is 0 Å². The van der Waals surface area contributed by atoms with Crippen LogP contribution in [0.1, 0.15) is 20.8 Å². The summed E-state index contributed by atoms with van der Waals surface area (Å²) in [5, 5.41) is 3.42. The summed E-state index contributed by atoms with van der Waals surface area (Å²) < 4.78 is 5.94. The first kappa shape index (κ1) is 13.2. The molecule has 1 aliphatic heterocycles. The first-order valence-corrected chi connectivity index (χ1v) is 6.87. The van der Waals surface area contributed by atoms with E-state index >= 15 is 0 Å². The summed E-state index contributed by atoms with van der Waals surface area (Å²) in [6, 6.07) is 8.89. The average molecular weight is 248 g/mol. The standard InChI is InChI=1S/C15H24N2O/c1-12(2)11-18-15-7-5-4-6-14(15)17-9-8-16-10-13(17)3/h4-7,12-13,16H,8-11H2,1-3H3. The van der Waals surface area contributed by atoms with Crippen molar-refractivity contribution in [1.82, 2.24) is 5.32 Å². The van der Waals surface area contributed by atoms with Crippen LogP contribution in [0.4, 0.5) is 5.69 Å². The summed E-state index contributed by atoms with van der Waals surface area (Å²) in [6.45, 7) is 10.5. The first-order chi connectivity index (χ1) is 8.68. The second kappa shape index (κ2) is 6.10. The summed E-state index contributed by atoms with van der Waals surface area (Å²) in [5.41, 5.74) is 1.23. The number of benzene rings is 1. The smallest absolute Gasteiger partial charge is 0.142 e. The van der Waals surface area contributed by atoms with Gasteiger partial charge in [-0.25, -0.2) is 0 Å². The van der Waals surface area contributed by atoms with E-state index in [2.05, 4.69) is 49.2 Å². The van der Waals surface area contributed by atoms with Gasteiger partial charge in [0, 0.05) is 25.7 Å². The van der Waals surface area contributed by atoms with Crippen molar-refractivity contribution in [1.29, 1.82) is 0 Å². The van der Waals surface area contributed by atoms with Gasteiger partial charge in [-0.05, 0) is 25.0 Å². The summed E-state index contributed by atoms with van der Waals surface area (Å²) in [4.78, 5) is 2.44. The fourth-order valence-corrected chi connectivity index (χ4v) is 2.27. The molecule has 0 spiro atoms. The molecule has 0 radical (unpaired) electrons. The third-order valence-electron chi connectivity index (χ3n) is 3.25. The lowest BCUT2D eigenvalue weighted by Gasteiger charge is -2.36. The Labute approximate surface area is 110 Å². The van der Waals surface area contributed by atoms with Crippen molar-refractivity contribution in [2.75, 3.05) is 31.1 Å². The third kappa shape index (κ3) is 3.16. The van der Waals surface area contributed by atoms with Crippen LogP contribution in [-0.2, 0) is 0 Å². The van der Waals surface area contributed by atoms with E-state index in [1.54, 1.807) is 0 Å². The zero-order valence-corrected chi connectivity index (χ0v) is 11.6. The number of hydrogen-bond acceptors (Lipinski definition) is 3. The Hall–Kier alpha value is -1.22. The highest BCUT2D eigenvalue weighted by Gasteiger charge is 2.20. The van der Waals surface area contributed by atoms with Crippen molar-refractivity contribution in [3.63, 3.8) is 0 Å². The van der Waals surface area contributed by atoms with Crippen LogP contribution in [0.5, 0.6) is 5.75 Å². The Morgan fingerprint density at radius 3 is 2.89 bits per heavy atom. The second-order valence-electron chi connectivity index (χ2n) is 5.42. The van der Waals surface area contributed by atoms with Gasteiger partial charge in [0.15, 0.2) is 0 Å². The van der Waals surface area contributed by atoms with Gasteiger partial charge in [-0.15, -0.1) is 0 Å². The molecule has 0 aliphatic carbocycles. The fourth-order valence-electron chi connectivity index (χ4n) is 2.27. The molecule has 1 fully saturated rings. The first-order valence-electron chi connectivity index (χ1n) is 6.87. The van der Waals surface area contributed by atoms with Crippen LogP contribution in [-0.4, -0.2) is 32.3 Å². The highest BCUT2D eigenvalue weighted by molar-refractivity contribution is 5.59. The van der Waals surface area contributed by atoms with E-state index in [1.807, 2.05) is 6.07 Å². The summed E-state index contributed by atoms with van der Waals surface area (Å²) in [5.74, 6) is 1.57. The molecule has 0 amide bonds. The molecule has 0 saturated carbocycles. The Balaban J connectivity index is 2.15. The van der Waals surface area contributed by atoms with Crippen molar-refractivity contribution in [3.8, 4) is 5.75 Å². The number of nitrogens with one attached hydrogen (secondary N) is 1. The van der Waals surface area contributed by atoms with Crippen LogP contribution in [0.2, 0.25) is 0 Å². The van der Waals surface area contributed by atoms with E-state index in [0.717, 1.165) is 32.0 Å². The quantitative estimate of drug-likeness (QED) is 0.886. The number of rotatable bonds is 4. The molecule has 100 valence electrons. The van der Waals surface area contributed by atoms with Gasteiger partial charge in [-0.2, -0.15) is 0 Å². The Morgan fingerprint density at radius 2 is 2.17 bits per heavy atom. The van der Waals surface area contributed by atoms with Gasteiger partial charge >= 0.3 is 0 Å². The van der Waals surface area contributed by atoms with Crippen molar-refractivity contribution < 1.29 is 4.74 Å². The number of anilines is 1. The van der Waals surface area contributed by atoms with Crippen LogP contribution in [0.15, 0.2) is 24.3 Å². The zero-order valence-electron chi connectivity index (χ0n) is 11.6. The molecule has 1 saturated heterocycles. The highest BCUT2D eigenvalue weighted by atomic mass is 16.5. The Bertz CT molecular complexity index is 379. The van der Waals surface area contributed by atoms with Gasteiger partial charge in [0.25, 0.3) is 0 Å². The van der Waals surface area contributed by atoms with E-state index in [1.165, 1.54) is 5.69 Å². The number of ether oxygens (including phenoxy) is 1. The van der Waals surface area contributed by atoms with Crippen LogP contribution < -0.4 is 15.0 Å². The predicted molar refractivity (Wildman–Crippen MR) is 76.5 cm³/mol. The SMILES string of the molecule is CC(C)COc1ccccc1N1CCNCC1C. The van der Waals surface area contributed by atoms with Crippen LogP contribution >= 0.6 is 0 Å². The maximum Gasteiger partial charge on any atom is 0.142 e. The molecule has 1 aliphatic rings. The molecule has 3 nitrogen and oxygen atoms in total.